The van der Waals surface area contributed by atoms with E-state index in [0.717, 1.165) is 5.56 Å². The van der Waals surface area contributed by atoms with Gasteiger partial charge in [0, 0.05) is 37.3 Å². The summed E-state index contributed by atoms with van der Waals surface area (Å²) < 4.78 is 46.3. The minimum atomic E-state index is -3.72. The van der Waals surface area contributed by atoms with Gasteiger partial charge in [-0.1, -0.05) is 18.1 Å². The average molecular weight is 542 g/mol. The molecule has 196 valence electrons. The molecule has 7 nitrogen and oxygen atoms in total. The van der Waals surface area contributed by atoms with Crippen LogP contribution < -0.4 is 4.74 Å². The Hall–Kier alpha value is -4.52. The summed E-state index contributed by atoms with van der Waals surface area (Å²) in [5.41, 5.74) is 2.17. The van der Waals surface area contributed by atoms with Gasteiger partial charge in [0.15, 0.2) is 0 Å². The Labute approximate surface area is 226 Å². The number of aromatic nitrogens is 1. The summed E-state index contributed by atoms with van der Waals surface area (Å²) in [5.74, 6) is 2.95. The van der Waals surface area contributed by atoms with E-state index in [1.165, 1.54) is 28.6 Å². The van der Waals surface area contributed by atoms with Crippen LogP contribution in [0.5, 0.6) is 11.5 Å². The van der Waals surface area contributed by atoms with Gasteiger partial charge in [0.05, 0.1) is 10.6 Å². The van der Waals surface area contributed by atoms with Crippen molar-refractivity contribution in [3.8, 4) is 35.1 Å². The van der Waals surface area contributed by atoms with E-state index in [-0.39, 0.29) is 48.5 Å². The van der Waals surface area contributed by atoms with Crippen LogP contribution >= 0.6 is 0 Å². The van der Waals surface area contributed by atoms with Crippen LogP contribution in [0.3, 0.4) is 0 Å². The molecule has 9 heteroatoms. The monoisotopic (exact) mass is 541 g/mol. The van der Waals surface area contributed by atoms with Crippen molar-refractivity contribution in [2.75, 3.05) is 26.2 Å². The molecule has 0 bridgehead atoms. The van der Waals surface area contributed by atoms with Gasteiger partial charge in [-0.05, 0) is 78.9 Å². The van der Waals surface area contributed by atoms with E-state index < -0.39 is 10.0 Å². The van der Waals surface area contributed by atoms with Gasteiger partial charge in [0.25, 0.3) is 5.91 Å². The molecule has 0 spiro atoms. The van der Waals surface area contributed by atoms with E-state index in [0.29, 0.717) is 22.8 Å². The van der Waals surface area contributed by atoms with Gasteiger partial charge in [0.2, 0.25) is 10.0 Å². The Balaban J connectivity index is 1.24. The summed E-state index contributed by atoms with van der Waals surface area (Å²) in [7, 11) is -3.72. The molecule has 1 amide bonds. The highest BCUT2D eigenvalue weighted by Crippen LogP contribution is 2.26. The molecule has 0 aliphatic carbocycles. The van der Waals surface area contributed by atoms with Crippen molar-refractivity contribution in [3.63, 3.8) is 0 Å². The van der Waals surface area contributed by atoms with Crippen LogP contribution in [0, 0.1) is 18.2 Å². The van der Waals surface area contributed by atoms with Gasteiger partial charge in [-0.2, -0.15) is 4.31 Å². The van der Waals surface area contributed by atoms with Crippen LogP contribution in [0.25, 0.3) is 11.3 Å². The second-order valence-corrected chi connectivity index (χ2v) is 10.8. The Morgan fingerprint density at radius 1 is 0.872 bits per heavy atom. The molecule has 1 aliphatic heterocycles. The van der Waals surface area contributed by atoms with Crippen LogP contribution in [0.2, 0.25) is 0 Å². The maximum Gasteiger partial charge on any atom is 0.272 e. The van der Waals surface area contributed by atoms with Crippen molar-refractivity contribution in [3.05, 3.63) is 108 Å². The molecular formula is C30H24FN3O4S. The van der Waals surface area contributed by atoms with Crippen LogP contribution in [0.15, 0.2) is 95.9 Å². The average Bonchev–Trinajstić information content (AvgIpc) is 2.98. The van der Waals surface area contributed by atoms with Crippen LogP contribution in [-0.4, -0.2) is 54.7 Å². The van der Waals surface area contributed by atoms with Gasteiger partial charge in [-0.25, -0.2) is 17.8 Å². The van der Waals surface area contributed by atoms with E-state index in [1.54, 1.807) is 59.5 Å². The number of rotatable bonds is 6. The third-order valence-corrected chi connectivity index (χ3v) is 8.23. The zero-order valence-electron chi connectivity index (χ0n) is 20.8. The lowest BCUT2D eigenvalue weighted by Crippen LogP contribution is -2.50. The van der Waals surface area contributed by atoms with Crippen molar-refractivity contribution < 1.29 is 22.3 Å². The molecule has 1 saturated heterocycles. The number of halogens is 1. The first kappa shape index (κ1) is 26.1. The third kappa shape index (κ3) is 5.82. The molecule has 3 aromatic carbocycles. The Bertz CT molecular complexity index is 1640. The number of benzene rings is 3. The lowest BCUT2D eigenvalue weighted by molar-refractivity contribution is 0.0692. The maximum atomic E-state index is 13.2. The largest absolute Gasteiger partial charge is 0.457 e. The number of hydrogen-bond acceptors (Lipinski definition) is 5. The number of sulfonamides is 1. The van der Waals surface area contributed by atoms with Gasteiger partial charge in [0.1, 0.15) is 23.0 Å². The number of amides is 1. The molecule has 5 rings (SSSR count). The van der Waals surface area contributed by atoms with E-state index in [4.69, 9.17) is 11.2 Å². The highest BCUT2D eigenvalue weighted by atomic mass is 32.2. The first-order valence-corrected chi connectivity index (χ1v) is 13.6. The van der Waals surface area contributed by atoms with E-state index >= 15 is 0 Å². The molecule has 0 radical (unpaired) electrons. The zero-order chi connectivity index (χ0) is 27.4. The predicted octanol–water partition coefficient (Wildman–Crippen LogP) is 4.81. The number of carbonyl (C=O) groups is 1. The van der Waals surface area contributed by atoms with Crippen molar-refractivity contribution in [2.24, 2.45) is 0 Å². The molecule has 2 heterocycles. The fraction of sp³-hybridized carbons (Fsp3) is 0.133. The summed E-state index contributed by atoms with van der Waals surface area (Å²) in [6.07, 6.45) is 5.41. The number of piperazine rings is 1. The summed E-state index contributed by atoms with van der Waals surface area (Å²) >= 11 is 0. The van der Waals surface area contributed by atoms with Crippen molar-refractivity contribution >= 4 is 15.9 Å². The predicted molar refractivity (Wildman–Crippen MR) is 145 cm³/mol. The number of pyridine rings is 1. The molecule has 1 aromatic heterocycles. The number of carbonyl (C=O) groups excluding carboxylic acids is 1. The second kappa shape index (κ2) is 11.1. The minimum absolute atomic E-state index is 0.140. The molecule has 0 atom stereocenters. The lowest BCUT2D eigenvalue weighted by atomic mass is 10.1. The quantitative estimate of drug-likeness (QED) is 0.328. The number of terminal acetylenes is 1. The molecule has 0 saturated carbocycles. The summed E-state index contributed by atoms with van der Waals surface area (Å²) in [6.45, 7) is 0.829. The van der Waals surface area contributed by atoms with Crippen molar-refractivity contribution in [1.82, 2.24) is 14.2 Å². The fourth-order valence-corrected chi connectivity index (χ4v) is 5.70. The zero-order valence-corrected chi connectivity index (χ0v) is 21.6. The molecule has 1 aliphatic rings. The van der Waals surface area contributed by atoms with Gasteiger partial charge < -0.3 is 9.64 Å². The first-order valence-electron chi connectivity index (χ1n) is 12.2. The molecule has 4 aromatic rings. The standard InChI is InChI=1S/C30H24FN3O4S/c1-2-22-5-3-6-27(21-22)39(36,37)34-19-17-33(18-20-34)30(35)29-8-4-7-28(32-29)23-9-13-25(14-10-23)38-26-15-11-24(31)12-16-26/h1,3-16,21H,17-20H2. The van der Waals surface area contributed by atoms with E-state index in [9.17, 15) is 17.6 Å². The van der Waals surface area contributed by atoms with Crippen molar-refractivity contribution in [2.45, 2.75) is 4.90 Å². The Morgan fingerprint density at radius 2 is 1.51 bits per heavy atom. The topological polar surface area (TPSA) is 79.8 Å². The third-order valence-electron chi connectivity index (χ3n) is 6.33. The second-order valence-electron chi connectivity index (χ2n) is 8.86. The van der Waals surface area contributed by atoms with Gasteiger partial charge in [-0.3, -0.25) is 4.79 Å². The summed E-state index contributed by atoms with van der Waals surface area (Å²) in [4.78, 5) is 19.5. The van der Waals surface area contributed by atoms with Crippen LogP contribution in [-0.2, 0) is 10.0 Å². The highest BCUT2D eigenvalue weighted by Gasteiger charge is 2.31. The van der Waals surface area contributed by atoms with Crippen molar-refractivity contribution in [1.29, 1.82) is 0 Å². The Morgan fingerprint density at radius 3 is 2.18 bits per heavy atom. The highest BCUT2D eigenvalue weighted by molar-refractivity contribution is 7.89. The first-order chi connectivity index (χ1) is 18.8. The number of hydrogen-bond donors (Lipinski definition) is 0. The molecular weight excluding hydrogens is 517 g/mol. The normalized spacial score (nSPS) is 14.0. The van der Waals surface area contributed by atoms with E-state index in [1.807, 2.05) is 12.1 Å². The number of ether oxygens (including phenoxy) is 1. The van der Waals surface area contributed by atoms with Gasteiger partial charge >= 0.3 is 0 Å². The molecule has 0 N–H and O–H groups in total. The smallest absolute Gasteiger partial charge is 0.272 e. The maximum absolute atomic E-state index is 13.2. The fourth-order valence-electron chi connectivity index (χ4n) is 4.24. The lowest BCUT2D eigenvalue weighted by Gasteiger charge is -2.33. The van der Waals surface area contributed by atoms with Crippen LogP contribution in [0.1, 0.15) is 16.1 Å². The van der Waals surface area contributed by atoms with Crippen LogP contribution in [0.4, 0.5) is 4.39 Å². The SMILES string of the molecule is C#Cc1cccc(S(=O)(=O)N2CCN(C(=O)c3cccc(-c4ccc(Oc5ccc(F)cc5)cc4)n3)CC2)c1. The van der Waals surface area contributed by atoms with E-state index in [2.05, 4.69) is 10.9 Å². The molecule has 39 heavy (non-hydrogen) atoms. The van der Waals surface area contributed by atoms with Gasteiger partial charge in [-0.15, -0.1) is 6.42 Å². The minimum Gasteiger partial charge on any atom is -0.457 e. The summed E-state index contributed by atoms with van der Waals surface area (Å²) in [6, 6.07) is 24.4. The molecule has 1 fully saturated rings. The molecule has 0 unspecified atom stereocenters. The Kier molecular flexibility index (Phi) is 7.41. The summed E-state index contributed by atoms with van der Waals surface area (Å²) in [5, 5.41) is 0. The number of nitrogens with zero attached hydrogens (tertiary/aromatic N) is 3.